The number of pyridine rings is 1. The van der Waals surface area contributed by atoms with E-state index in [0.717, 1.165) is 0 Å². The number of morpholine rings is 1. The predicted molar refractivity (Wildman–Crippen MR) is 115 cm³/mol. The number of nitrogens with one attached hydrogen (secondary N) is 1. The van der Waals surface area contributed by atoms with Crippen molar-refractivity contribution in [3.8, 4) is 0 Å². The van der Waals surface area contributed by atoms with Crippen molar-refractivity contribution in [1.29, 1.82) is 0 Å². The van der Waals surface area contributed by atoms with Crippen molar-refractivity contribution in [2.24, 2.45) is 0 Å². The molecular formula is C20H20Cl2N4O4. The first-order valence-electron chi connectivity index (χ1n) is 9.47. The van der Waals surface area contributed by atoms with Gasteiger partial charge in [-0.05, 0) is 30.7 Å². The van der Waals surface area contributed by atoms with Gasteiger partial charge >= 0.3 is 0 Å². The van der Waals surface area contributed by atoms with Crippen molar-refractivity contribution in [3.63, 3.8) is 0 Å². The van der Waals surface area contributed by atoms with Crippen LogP contribution in [-0.4, -0.2) is 51.5 Å². The second kappa shape index (κ2) is 8.29. The third kappa shape index (κ3) is 3.90. The molecule has 158 valence electrons. The third-order valence-corrected chi connectivity index (χ3v) is 5.88. The number of fused-ring (bicyclic) bond motifs is 1. The molecule has 1 aliphatic heterocycles. The number of ether oxygens (including phenoxy) is 1. The lowest BCUT2D eigenvalue weighted by Gasteiger charge is -2.27. The summed E-state index contributed by atoms with van der Waals surface area (Å²) in [5.41, 5.74) is 0.877. The van der Waals surface area contributed by atoms with E-state index in [1.54, 1.807) is 30.0 Å². The first-order valence-corrected chi connectivity index (χ1v) is 10.2. The van der Waals surface area contributed by atoms with E-state index in [1.807, 2.05) is 0 Å². The average molecular weight is 451 g/mol. The maximum absolute atomic E-state index is 13.0. The first kappa shape index (κ1) is 20.7. The number of nitrogens with zero attached hydrogens (tertiary/aromatic N) is 3. The minimum Gasteiger partial charge on any atom is -0.378 e. The zero-order chi connectivity index (χ0) is 21.4. The van der Waals surface area contributed by atoms with Gasteiger partial charge in [0, 0.05) is 34.9 Å². The number of H-pyrrole nitrogens is 1. The molecule has 10 heteroatoms. The molecule has 0 radical (unpaired) electrons. The van der Waals surface area contributed by atoms with Gasteiger partial charge in [-0.3, -0.25) is 19.5 Å². The van der Waals surface area contributed by atoms with Crippen molar-refractivity contribution >= 4 is 40.0 Å². The summed E-state index contributed by atoms with van der Waals surface area (Å²) in [6.45, 7) is 3.67. The number of benzene rings is 1. The van der Waals surface area contributed by atoms with Crippen LogP contribution in [0.5, 0.6) is 0 Å². The highest BCUT2D eigenvalue weighted by Gasteiger charge is 2.20. The Morgan fingerprint density at radius 1 is 1.17 bits per heavy atom. The summed E-state index contributed by atoms with van der Waals surface area (Å²) in [6.07, 6.45) is 0. The van der Waals surface area contributed by atoms with E-state index in [0.29, 0.717) is 58.5 Å². The standard InChI is InChI=1S/C20H20Cl2N4O4/c1-12-19-16(9-17(27)25(12)11-18(28)24-4-6-30-7-5-24)23-26(20(19)29)10-13-8-14(21)2-3-15(13)22/h2-3,8-9,23H,4-7,10-11H2,1H3. The zero-order valence-corrected chi connectivity index (χ0v) is 17.8. The molecule has 0 aliphatic carbocycles. The van der Waals surface area contributed by atoms with Crippen LogP contribution in [0.25, 0.3) is 10.9 Å². The second-order valence-corrected chi connectivity index (χ2v) is 8.02. The van der Waals surface area contributed by atoms with Crippen LogP contribution in [0.1, 0.15) is 11.3 Å². The Bertz CT molecular complexity index is 1240. The molecule has 1 N–H and O–H groups in total. The van der Waals surface area contributed by atoms with E-state index in [1.165, 1.54) is 15.3 Å². The van der Waals surface area contributed by atoms with Crippen LogP contribution in [0.2, 0.25) is 10.0 Å². The lowest BCUT2D eigenvalue weighted by Crippen LogP contribution is -2.43. The van der Waals surface area contributed by atoms with E-state index < -0.39 is 0 Å². The Hall–Kier alpha value is -2.55. The number of aromatic amines is 1. The molecule has 0 spiro atoms. The number of rotatable bonds is 4. The quantitative estimate of drug-likeness (QED) is 0.658. The fourth-order valence-corrected chi connectivity index (χ4v) is 4.02. The fourth-order valence-electron chi connectivity index (χ4n) is 3.65. The molecule has 1 aliphatic rings. The Balaban J connectivity index is 1.70. The van der Waals surface area contributed by atoms with Crippen LogP contribution in [-0.2, 0) is 22.6 Å². The Kier molecular flexibility index (Phi) is 5.73. The number of hydrogen-bond acceptors (Lipinski definition) is 4. The summed E-state index contributed by atoms with van der Waals surface area (Å²) in [6, 6.07) is 6.37. The van der Waals surface area contributed by atoms with Crippen LogP contribution >= 0.6 is 23.2 Å². The highest BCUT2D eigenvalue weighted by molar-refractivity contribution is 6.33. The van der Waals surface area contributed by atoms with Gasteiger partial charge in [-0.25, -0.2) is 4.68 Å². The fraction of sp³-hybridized carbons (Fsp3) is 0.350. The second-order valence-electron chi connectivity index (χ2n) is 7.17. The number of carbonyl (C=O) groups excluding carboxylic acids is 1. The molecule has 1 saturated heterocycles. The minimum atomic E-state index is -0.351. The van der Waals surface area contributed by atoms with Crippen LogP contribution in [0.15, 0.2) is 33.9 Å². The first-order chi connectivity index (χ1) is 14.3. The van der Waals surface area contributed by atoms with Gasteiger partial charge in [0.25, 0.3) is 11.1 Å². The highest BCUT2D eigenvalue weighted by Crippen LogP contribution is 2.21. The molecule has 1 fully saturated rings. The largest absolute Gasteiger partial charge is 0.378 e. The molecular weight excluding hydrogens is 431 g/mol. The van der Waals surface area contributed by atoms with Gasteiger partial charge in [-0.1, -0.05) is 23.2 Å². The van der Waals surface area contributed by atoms with Gasteiger partial charge in [0.1, 0.15) is 6.54 Å². The maximum atomic E-state index is 13.0. The van der Waals surface area contributed by atoms with E-state index in [-0.39, 0.29) is 30.1 Å². The smallest absolute Gasteiger partial charge is 0.276 e. The molecule has 0 saturated carbocycles. The summed E-state index contributed by atoms with van der Waals surface area (Å²) in [5, 5.41) is 4.32. The van der Waals surface area contributed by atoms with Crippen molar-refractivity contribution in [2.75, 3.05) is 26.3 Å². The number of halogens is 2. The average Bonchev–Trinajstić information content (AvgIpc) is 3.03. The predicted octanol–water partition coefficient (Wildman–Crippen LogP) is 2.01. The molecule has 30 heavy (non-hydrogen) atoms. The monoisotopic (exact) mass is 450 g/mol. The summed E-state index contributed by atoms with van der Waals surface area (Å²) in [5.74, 6) is -0.176. The summed E-state index contributed by atoms with van der Waals surface area (Å²) >= 11 is 12.3. The van der Waals surface area contributed by atoms with Crippen molar-refractivity contribution in [1.82, 2.24) is 19.2 Å². The summed E-state index contributed by atoms with van der Waals surface area (Å²) in [4.78, 5) is 39.9. The van der Waals surface area contributed by atoms with Crippen molar-refractivity contribution in [3.05, 3.63) is 66.3 Å². The van der Waals surface area contributed by atoms with E-state index in [2.05, 4.69) is 5.10 Å². The van der Waals surface area contributed by atoms with Crippen LogP contribution < -0.4 is 11.1 Å². The zero-order valence-electron chi connectivity index (χ0n) is 16.3. The summed E-state index contributed by atoms with van der Waals surface area (Å²) < 4.78 is 7.98. The molecule has 0 unspecified atom stereocenters. The molecule has 8 nitrogen and oxygen atoms in total. The number of aromatic nitrogens is 3. The van der Waals surface area contributed by atoms with E-state index in [4.69, 9.17) is 27.9 Å². The number of carbonyl (C=O) groups is 1. The lowest BCUT2D eigenvalue weighted by atomic mass is 10.2. The molecule has 2 aromatic heterocycles. The molecule has 0 atom stereocenters. The van der Waals surface area contributed by atoms with Gasteiger partial charge in [0.05, 0.1) is 30.7 Å². The highest BCUT2D eigenvalue weighted by atomic mass is 35.5. The maximum Gasteiger partial charge on any atom is 0.276 e. The molecule has 3 heterocycles. The molecule has 3 aromatic rings. The molecule has 0 bridgehead atoms. The topological polar surface area (TPSA) is 89.3 Å². The third-order valence-electron chi connectivity index (χ3n) is 5.28. The van der Waals surface area contributed by atoms with Gasteiger partial charge in [0.2, 0.25) is 5.91 Å². The van der Waals surface area contributed by atoms with Crippen LogP contribution in [0.4, 0.5) is 0 Å². The number of amides is 1. The van der Waals surface area contributed by atoms with Crippen molar-refractivity contribution < 1.29 is 9.53 Å². The van der Waals surface area contributed by atoms with Gasteiger partial charge in [-0.2, -0.15) is 0 Å². The van der Waals surface area contributed by atoms with Crippen LogP contribution in [0.3, 0.4) is 0 Å². The Morgan fingerprint density at radius 3 is 2.63 bits per heavy atom. The van der Waals surface area contributed by atoms with Crippen LogP contribution in [0, 0.1) is 6.92 Å². The molecule has 1 aromatic carbocycles. The summed E-state index contributed by atoms with van der Waals surface area (Å²) in [7, 11) is 0. The van der Waals surface area contributed by atoms with Gasteiger partial charge in [0.15, 0.2) is 0 Å². The Morgan fingerprint density at radius 2 is 1.90 bits per heavy atom. The van der Waals surface area contributed by atoms with Gasteiger partial charge in [-0.15, -0.1) is 0 Å². The van der Waals surface area contributed by atoms with E-state index >= 15 is 0 Å². The lowest BCUT2D eigenvalue weighted by molar-refractivity contribution is -0.135. The normalized spacial score (nSPS) is 14.4. The SMILES string of the molecule is Cc1c2c(=O)n(Cc3cc(Cl)ccc3Cl)[nH]c2cc(=O)n1CC(=O)N1CCOCC1. The number of aryl methyl sites for hydroxylation is 1. The van der Waals surface area contributed by atoms with Gasteiger partial charge < -0.3 is 14.2 Å². The molecule has 1 amide bonds. The minimum absolute atomic E-state index is 0.120. The Labute approximate surface area is 181 Å². The number of hydrogen-bond donors (Lipinski definition) is 1. The van der Waals surface area contributed by atoms with E-state index in [9.17, 15) is 14.4 Å². The van der Waals surface area contributed by atoms with Crippen molar-refractivity contribution in [2.45, 2.75) is 20.0 Å². The molecule has 4 rings (SSSR count).